The van der Waals surface area contributed by atoms with E-state index in [1.807, 2.05) is 19.1 Å². The van der Waals surface area contributed by atoms with Crippen molar-refractivity contribution in [3.8, 4) is 17.4 Å². The Kier molecular flexibility index (Phi) is 6.97. The molecule has 2 rings (SSSR count). The lowest BCUT2D eigenvalue weighted by Gasteiger charge is -2.31. The number of hydrogen-bond acceptors (Lipinski definition) is 5. The zero-order valence-electron chi connectivity index (χ0n) is 15.6. The Balaban J connectivity index is 1.84. The van der Waals surface area contributed by atoms with Crippen LogP contribution in [0.3, 0.4) is 0 Å². The van der Waals surface area contributed by atoms with Crippen molar-refractivity contribution in [1.82, 2.24) is 10.3 Å². The second kappa shape index (κ2) is 9.20. The van der Waals surface area contributed by atoms with Crippen molar-refractivity contribution in [2.24, 2.45) is 11.7 Å². The van der Waals surface area contributed by atoms with Crippen LogP contribution in [-0.2, 0) is 4.79 Å². The Bertz CT molecular complexity index is 689. The quantitative estimate of drug-likeness (QED) is 0.720. The van der Waals surface area contributed by atoms with Gasteiger partial charge < -0.3 is 20.5 Å². The lowest BCUT2D eigenvalue weighted by Crippen LogP contribution is -2.53. The Morgan fingerprint density at radius 1 is 1.19 bits per heavy atom. The van der Waals surface area contributed by atoms with Gasteiger partial charge in [-0.2, -0.15) is 0 Å². The Morgan fingerprint density at radius 2 is 1.88 bits per heavy atom. The monoisotopic (exact) mass is 357 g/mol. The van der Waals surface area contributed by atoms with Gasteiger partial charge in [0, 0.05) is 24.3 Å². The van der Waals surface area contributed by atoms with Gasteiger partial charge >= 0.3 is 0 Å². The summed E-state index contributed by atoms with van der Waals surface area (Å²) in [6.45, 7) is 6.48. The lowest BCUT2D eigenvalue weighted by atomic mass is 9.91. The summed E-state index contributed by atoms with van der Waals surface area (Å²) in [5.41, 5.74) is 5.39. The molecule has 3 N–H and O–H groups in total. The highest BCUT2D eigenvalue weighted by Gasteiger charge is 2.25. The highest BCUT2D eigenvalue weighted by Crippen LogP contribution is 2.22. The summed E-state index contributed by atoms with van der Waals surface area (Å²) in [5.74, 6) is 2.01. The molecular formula is C20H27N3O3. The predicted molar refractivity (Wildman–Crippen MR) is 101 cm³/mol. The molecule has 0 aliphatic carbocycles. The fraction of sp³-hybridized carbons (Fsp3) is 0.400. The van der Waals surface area contributed by atoms with Crippen molar-refractivity contribution in [1.29, 1.82) is 0 Å². The van der Waals surface area contributed by atoms with Gasteiger partial charge in [0.05, 0.1) is 0 Å². The molecular weight excluding hydrogens is 330 g/mol. The van der Waals surface area contributed by atoms with Crippen molar-refractivity contribution in [2.75, 3.05) is 13.2 Å². The van der Waals surface area contributed by atoms with Gasteiger partial charge in [-0.25, -0.2) is 4.98 Å². The average molecular weight is 357 g/mol. The number of nitrogens with zero attached hydrogens (tertiary/aromatic N) is 1. The molecule has 1 atom stereocenters. The van der Waals surface area contributed by atoms with E-state index in [1.165, 1.54) is 0 Å². The topological polar surface area (TPSA) is 86.5 Å². The largest absolute Gasteiger partial charge is 0.484 e. The number of benzene rings is 1. The first-order valence-corrected chi connectivity index (χ1v) is 8.73. The highest BCUT2D eigenvalue weighted by molar-refractivity contribution is 5.78. The maximum atomic E-state index is 12.2. The number of aromatic nitrogens is 1. The molecule has 140 valence electrons. The molecule has 6 heteroatoms. The lowest BCUT2D eigenvalue weighted by molar-refractivity contribution is -0.125. The molecule has 0 saturated carbocycles. The molecule has 6 nitrogen and oxygen atoms in total. The molecule has 1 heterocycles. The van der Waals surface area contributed by atoms with Crippen molar-refractivity contribution in [3.05, 3.63) is 48.7 Å². The molecule has 0 aliphatic rings. The maximum absolute atomic E-state index is 12.2. The molecule has 1 amide bonds. The van der Waals surface area contributed by atoms with Crippen LogP contribution >= 0.6 is 0 Å². The van der Waals surface area contributed by atoms with Crippen LogP contribution in [0, 0.1) is 5.92 Å². The number of nitrogens with two attached hydrogens (primary N) is 1. The molecule has 0 saturated heterocycles. The Morgan fingerprint density at radius 3 is 2.46 bits per heavy atom. The van der Waals surface area contributed by atoms with Crippen molar-refractivity contribution < 1.29 is 14.3 Å². The first-order chi connectivity index (χ1) is 12.4. The molecule has 0 spiro atoms. The molecule has 1 aromatic carbocycles. The number of rotatable bonds is 9. The van der Waals surface area contributed by atoms with E-state index in [1.54, 1.807) is 36.5 Å². The molecule has 26 heavy (non-hydrogen) atoms. The van der Waals surface area contributed by atoms with Gasteiger partial charge in [-0.05, 0) is 49.6 Å². The van der Waals surface area contributed by atoms with Crippen LogP contribution in [0.4, 0.5) is 0 Å². The third-order valence-electron chi connectivity index (χ3n) is 3.80. The summed E-state index contributed by atoms with van der Waals surface area (Å²) in [6, 6.07) is 12.5. The minimum atomic E-state index is -0.422. The van der Waals surface area contributed by atoms with E-state index in [0.29, 0.717) is 29.8 Å². The van der Waals surface area contributed by atoms with E-state index in [4.69, 9.17) is 15.2 Å². The fourth-order valence-corrected chi connectivity index (χ4v) is 2.74. The van der Waals surface area contributed by atoms with Gasteiger partial charge in [-0.3, -0.25) is 4.79 Å². The summed E-state index contributed by atoms with van der Waals surface area (Å²) in [6.07, 6.45) is 2.48. The third kappa shape index (κ3) is 6.37. The normalized spacial score (nSPS) is 13.1. The summed E-state index contributed by atoms with van der Waals surface area (Å²) in [4.78, 5) is 16.3. The van der Waals surface area contributed by atoms with Crippen LogP contribution in [0.25, 0.3) is 0 Å². The maximum Gasteiger partial charge on any atom is 0.258 e. The van der Waals surface area contributed by atoms with E-state index >= 15 is 0 Å². The first-order valence-electron chi connectivity index (χ1n) is 8.73. The highest BCUT2D eigenvalue weighted by atomic mass is 16.5. The van der Waals surface area contributed by atoms with E-state index in [-0.39, 0.29) is 12.5 Å². The number of nitrogens with one attached hydrogen (secondary N) is 1. The molecule has 1 aromatic heterocycles. The summed E-state index contributed by atoms with van der Waals surface area (Å²) in [7, 11) is 0. The summed E-state index contributed by atoms with van der Waals surface area (Å²) < 4.78 is 11.2. The molecule has 0 aliphatic heterocycles. The van der Waals surface area contributed by atoms with Gasteiger partial charge in [-0.15, -0.1) is 0 Å². The van der Waals surface area contributed by atoms with Gasteiger partial charge in [-0.1, -0.05) is 19.9 Å². The zero-order valence-corrected chi connectivity index (χ0v) is 15.6. The van der Waals surface area contributed by atoms with E-state index in [0.717, 1.165) is 6.42 Å². The van der Waals surface area contributed by atoms with E-state index in [2.05, 4.69) is 24.1 Å². The fourth-order valence-electron chi connectivity index (χ4n) is 2.74. The SMILES string of the molecule is CC(C)CC(C)(CN)NC(=O)COc1ccc(Oc2ccccn2)cc1. The second-order valence-corrected chi connectivity index (χ2v) is 6.94. The van der Waals surface area contributed by atoms with Gasteiger partial charge in [0.25, 0.3) is 5.91 Å². The first kappa shape index (κ1) is 19.7. The minimum absolute atomic E-state index is 0.0614. The van der Waals surface area contributed by atoms with Crippen LogP contribution in [-0.4, -0.2) is 29.6 Å². The van der Waals surface area contributed by atoms with Crippen molar-refractivity contribution in [2.45, 2.75) is 32.7 Å². The van der Waals surface area contributed by atoms with Crippen molar-refractivity contribution >= 4 is 5.91 Å². The molecule has 0 bridgehead atoms. The van der Waals surface area contributed by atoms with Crippen LogP contribution in [0.1, 0.15) is 27.2 Å². The number of carbonyl (C=O) groups is 1. The molecule has 1 unspecified atom stereocenters. The number of amides is 1. The smallest absolute Gasteiger partial charge is 0.258 e. The average Bonchev–Trinajstić information content (AvgIpc) is 2.61. The van der Waals surface area contributed by atoms with Gasteiger partial charge in [0.2, 0.25) is 5.88 Å². The van der Waals surface area contributed by atoms with E-state index < -0.39 is 5.54 Å². The third-order valence-corrected chi connectivity index (χ3v) is 3.80. The standard InChI is InChI=1S/C20H27N3O3/c1-15(2)12-20(3,14-21)23-18(24)13-25-16-7-9-17(10-8-16)26-19-6-4-5-11-22-19/h4-11,15H,12-14,21H2,1-3H3,(H,23,24). The summed E-state index contributed by atoms with van der Waals surface area (Å²) >= 11 is 0. The minimum Gasteiger partial charge on any atom is -0.484 e. The predicted octanol–water partition coefficient (Wildman–Crippen LogP) is 3.13. The number of carbonyl (C=O) groups excluding carboxylic acids is 1. The van der Waals surface area contributed by atoms with Gasteiger partial charge in [0.1, 0.15) is 11.5 Å². The summed E-state index contributed by atoms with van der Waals surface area (Å²) in [5, 5.41) is 2.97. The van der Waals surface area contributed by atoms with Gasteiger partial charge in [0.15, 0.2) is 6.61 Å². The van der Waals surface area contributed by atoms with Crippen LogP contribution < -0.4 is 20.5 Å². The Labute approximate surface area is 154 Å². The molecule has 0 fully saturated rings. The van der Waals surface area contributed by atoms with Crippen LogP contribution in [0.2, 0.25) is 0 Å². The van der Waals surface area contributed by atoms with Crippen LogP contribution in [0.15, 0.2) is 48.7 Å². The molecule has 0 radical (unpaired) electrons. The number of hydrogen-bond donors (Lipinski definition) is 2. The van der Waals surface area contributed by atoms with E-state index in [9.17, 15) is 4.79 Å². The molecule has 2 aromatic rings. The Hall–Kier alpha value is -2.60. The van der Waals surface area contributed by atoms with Crippen molar-refractivity contribution in [3.63, 3.8) is 0 Å². The zero-order chi connectivity index (χ0) is 19.0. The second-order valence-electron chi connectivity index (χ2n) is 6.94. The van der Waals surface area contributed by atoms with Crippen LogP contribution in [0.5, 0.6) is 17.4 Å². The number of pyridine rings is 1. The number of ether oxygens (including phenoxy) is 2.